The molecule has 0 aliphatic rings. The highest BCUT2D eigenvalue weighted by atomic mass is 32.2. The minimum atomic E-state index is -4.08. The fourth-order valence-electron chi connectivity index (χ4n) is 2.73. The molecule has 0 heterocycles. The van der Waals surface area contributed by atoms with Gasteiger partial charge in [0.05, 0.1) is 23.3 Å². The molecule has 0 bridgehead atoms. The minimum Gasteiger partial charge on any atom is -0.495 e. The van der Waals surface area contributed by atoms with Crippen LogP contribution in [0.15, 0.2) is 76.5 Å². The quantitative estimate of drug-likeness (QED) is 0.431. The highest BCUT2D eigenvalue weighted by molar-refractivity contribution is 7.99. The van der Waals surface area contributed by atoms with Crippen molar-refractivity contribution >= 4 is 39.1 Å². The van der Waals surface area contributed by atoms with Gasteiger partial charge in [0, 0.05) is 10.6 Å². The predicted molar refractivity (Wildman–Crippen MR) is 116 cm³/mol. The second-order valence-electron chi connectivity index (χ2n) is 6.30. The topological polar surface area (TPSA) is 84.5 Å². The monoisotopic (exact) mass is 482 g/mol. The van der Waals surface area contributed by atoms with E-state index in [1.807, 2.05) is 0 Å². The van der Waals surface area contributed by atoms with E-state index in [0.29, 0.717) is 0 Å². The summed E-state index contributed by atoms with van der Waals surface area (Å²) in [7, 11) is -2.74. The van der Waals surface area contributed by atoms with Gasteiger partial charge in [-0.05, 0) is 54.6 Å². The molecule has 1 amide bonds. The van der Waals surface area contributed by atoms with Gasteiger partial charge in [0.2, 0.25) is 0 Å². The molecule has 3 aromatic carbocycles. The van der Waals surface area contributed by atoms with Gasteiger partial charge in [-0.15, -0.1) is 0 Å². The second kappa shape index (κ2) is 9.96. The van der Waals surface area contributed by atoms with E-state index in [1.165, 1.54) is 43.5 Å². The van der Waals surface area contributed by atoms with Gasteiger partial charge >= 0.3 is 0 Å². The van der Waals surface area contributed by atoms with Gasteiger partial charge in [-0.25, -0.2) is 12.8 Å². The average molecular weight is 483 g/mol. The number of hydrogen-bond acceptors (Lipinski definition) is 5. The van der Waals surface area contributed by atoms with Crippen LogP contribution >= 0.6 is 11.8 Å². The van der Waals surface area contributed by atoms with Gasteiger partial charge in [-0.1, -0.05) is 23.9 Å². The Hall–Kier alpha value is -3.18. The van der Waals surface area contributed by atoms with E-state index in [-0.39, 0.29) is 44.2 Å². The molecule has 32 heavy (non-hydrogen) atoms. The van der Waals surface area contributed by atoms with Gasteiger partial charge in [0.15, 0.2) is 0 Å². The third-order valence-corrected chi connectivity index (χ3v) is 6.34. The van der Waals surface area contributed by atoms with Crippen molar-refractivity contribution in [1.29, 1.82) is 0 Å². The van der Waals surface area contributed by atoms with E-state index < -0.39 is 27.5 Å². The molecular formula is C21H17F3N2O4S2. The maximum Gasteiger partial charge on any atom is 0.288 e. The number of rotatable bonds is 8. The van der Waals surface area contributed by atoms with Gasteiger partial charge in [-0.2, -0.15) is 8.78 Å². The Morgan fingerprint density at radius 1 is 1.03 bits per heavy atom. The van der Waals surface area contributed by atoms with E-state index in [1.54, 1.807) is 6.07 Å². The molecule has 0 fully saturated rings. The van der Waals surface area contributed by atoms with E-state index >= 15 is 0 Å². The Kier molecular flexibility index (Phi) is 7.31. The van der Waals surface area contributed by atoms with Crippen LogP contribution in [0.25, 0.3) is 0 Å². The van der Waals surface area contributed by atoms with Gasteiger partial charge in [-0.3, -0.25) is 9.52 Å². The lowest BCUT2D eigenvalue weighted by molar-refractivity contribution is 0.102. The maximum atomic E-state index is 13.1. The zero-order valence-electron chi connectivity index (χ0n) is 16.5. The summed E-state index contributed by atoms with van der Waals surface area (Å²) in [6.45, 7) is 0. The molecule has 2 N–H and O–H groups in total. The molecule has 0 aliphatic carbocycles. The van der Waals surface area contributed by atoms with E-state index in [9.17, 15) is 26.4 Å². The minimum absolute atomic E-state index is 0.0184. The molecule has 168 valence electrons. The van der Waals surface area contributed by atoms with Crippen molar-refractivity contribution in [1.82, 2.24) is 0 Å². The number of hydrogen-bond donors (Lipinski definition) is 2. The van der Waals surface area contributed by atoms with Crippen LogP contribution in [-0.2, 0) is 10.0 Å². The van der Waals surface area contributed by atoms with E-state index in [2.05, 4.69) is 10.0 Å². The molecule has 3 aromatic rings. The number of nitrogens with one attached hydrogen (secondary N) is 2. The Bertz CT molecular complexity index is 1220. The van der Waals surface area contributed by atoms with Crippen molar-refractivity contribution in [3.63, 3.8) is 0 Å². The first-order valence-corrected chi connectivity index (χ1v) is 11.4. The van der Waals surface area contributed by atoms with Crippen molar-refractivity contribution < 1.29 is 31.1 Å². The number of ether oxygens (including phenoxy) is 1. The van der Waals surface area contributed by atoms with Crippen LogP contribution in [-0.4, -0.2) is 27.2 Å². The summed E-state index contributed by atoms with van der Waals surface area (Å²) in [6, 6.07) is 14.3. The van der Waals surface area contributed by atoms with Gasteiger partial charge in [0.25, 0.3) is 21.7 Å². The Morgan fingerprint density at radius 3 is 2.38 bits per heavy atom. The van der Waals surface area contributed by atoms with Crippen LogP contribution in [0.4, 0.5) is 24.5 Å². The summed E-state index contributed by atoms with van der Waals surface area (Å²) in [4.78, 5) is 12.6. The molecule has 11 heteroatoms. The standard InChI is InChI=1S/C21H17F3N2O4S2/c1-30-18-11-8-14(25-20(27)16-4-2-3-5-19(16)31-21(23)24)12-17(18)26-32(28,29)15-9-6-13(22)7-10-15/h2-12,21,26H,1H3,(H,25,27). The smallest absolute Gasteiger partial charge is 0.288 e. The molecular weight excluding hydrogens is 465 g/mol. The first kappa shape index (κ1) is 23.5. The molecule has 0 saturated carbocycles. The summed E-state index contributed by atoms with van der Waals surface area (Å²) >= 11 is 0.247. The lowest BCUT2D eigenvalue weighted by atomic mass is 10.2. The largest absolute Gasteiger partial charge is 0.495 e. The first-order valence-electron chi connectivity index (χ1n) is 9.01. The number of alkyl halides is 2. The number of halogens is 3. The number of carbonyl (C=O) groups is 1. The molecule has 0 radical (unpaired) electrons. The Balaban J connectivity index is 1.87. The van der Waals surface area contributed by atoms with Gasteiger partial charge < -0.3 is 10.1 Å². The number of carbonyl (C=O) groups excluding carboxylic acids is 1. The number of amides is 1. The number of anilines is 2. The van der Waals surface area contributed by atoms with Crippen molar-refractivity contribution in [2.45, 2.75) is 15.5 Å². The fraction of sp³-hybridized carbons (Fsp3) is 0.0952. The number of benzene rings is 3. The molecule has 6 nitrogen and oxygen atoms in total. The number of thioether (sulfide) groups is 1. The zero-order valence-corrected chi connectivity index (χ0v) is 18.1. The van der Waals surface area contributed by atoms with Crippen LogP contribution < -0.4 is 14.8 Å². The third kappa shape index (κ3) is 5.74. The summed E-state index contributed by atoms with van der Waals surface area (Å²) in [5.41, 5.74) is 0.261. The number of sulfonamides is 1. The molecule has 0 aromatic heterocycles. The van der Waals surface area contributed by atoms with Crippen LogP contribution in [0.3, 0.4) is 0 Å². The van der Waals surface area contributed by atoms with Crippen LogP contribution in [0.2, 0.25) is 0 Å². The normalized spacial score (nSPS) is 11.3. The zero-order chi connectivity index (χ0) is 23.3. The van der Waals surface area contributed by atoms with Gasteiger partial charge in [0.1, 0.15) is 11.6 Å². The molecule has 0 atom stereocenters. The highest BCUT2D eigenvalue weighted by Gasteiger charge is 2.19. The summed E-state index contributed by atoms with van der Waals surface area (Å²) in [6.07, 6.45) is 0. The SMILES string of the molecule is COc1ccc(NC(=O)c2ccccc2SC(F)F)cc1NS(=O)(=O)c1ccc(F)cc1. The predicted octanol–water partition coefficient (Wildman–Crippen LogP) is 5.20. The lowest BCUT2D eigenvalue weighted by Gasteiger charge is -2.15. The summed E-state index contributed by atoms with van der Waals surface area (Å²) < 4.78 is 71.4. The average Bonchev–Trinajstić information content (AvgIpc) is 2.74. The lowest BCUT2D eigenvalue weighted by Crippen LogP contribution is -2.15. The van der Waals surface area contributed by atoms with E-state index in [4.69, 9.17) is 4.74 Å². The summed E-state index contributed by atoms with van der Waals surface area (Å²) in [5.74, 6) is -3.76. The van der Waals surface area contributed by atoms with Crippen LogP contribution in [0.5, 0.6) is 5.75 Å². The van der Waals surface area contributed by atoms with E-state index in [0.717, 1.165) is 24.3 Å². The van der Waals surface area contributed by atoms with Crippen molar-refractivity contribution in [2.75, 3.05) is 17.1 Å². The summed E-state index contributed by atoms with van der Waals surface area (Å²) in [5, 5.41) is 2.56. The Morgan fingerprint density at radius 2 is 1.72 bits per heavy atom. The van der Waals surface area contributed by atoms with Crippen molar-refractivity contribution in [3.05, 3.63) is 78.1 Å². The third-order valence-electron chi connectivity index (χ3n) is 4.17. The second-order valence-corrected chi connectivity index (χ2v) is 9.02. The van der Waals surface area contributed by atoms with Crippen molar-refractivity contribution in [2.24, 2.45) is 0 Å². The first-order chi connectivity index (χ1) is 15.2. The van der Waals surface area contributed by atoms with Crippen LogP contribution in [0, 0.1) is 5.82 Å². The highest BCUT2D eigenvalue weighted by Crippen LogP contribution is 2.32. The molecule has 0 aliphatic heterocycles. The maximum absolute atomic E-state index is 13.1. The van der Waals surface area contributed by atoms with Crippen LogP contribution in [0.1, 0.15) is 10.4 Å². The number of methoxy groups -OCH3 is 1. The Labute approximate surface area is 186 Å². The molecule has 3 rings (SSSR count). The molecule has 0 spiro atoms. The fourth-order valence-corrected chi connectivity index (χ4v) is 4.43. The molecule has 0 saturated heterocycles. The molecule has 0 unspecified atom stereocenters. The van der Waals surface area contributed by atoms with Crippen molar-refractivity contribution in [3.8, 4) is 5.75 Å².